The number of amides is 1. The molecule has 3 rings (SSSR count). The quantitative estimate of drug-likeness (QED) is 0.792. The number of hydrogen-bond acceptors (Lipinski definition) is 4. The SMILES string of the molecule is C[C@H]1CC[C@H](CCC(=O)N2CCN(c3cccc(Cl)n3)CC2)O1. The second-order valence-electron chi connectivity index (χ2n) is 6.37. The van der Waals surface area contributed by atoms with E-state index in [-0.39, 0.29) is 12.0 Å². The van der Waals surface area contributed by atoms with Crippen molar-refractivity contribution in [1.82, 2.24) is 9.88 Å². The van der Waals surface area contributed by atoms with E-state index in [0.717, 1.165) is 51.3 Å². The average molecular weight is 338 g/mol. The summed E-state index contributed by atoms with van der Waals surface area (Å²) in [7, 11) is 0. The van der Waals surface area contributed by atoms with Gasteiger partial charge in [-0.1, -0.05) is 17.7 Å². The molecule has 1 aromatic rings. The molecule has 0 spiro atoms. The third-order valence-corrected chi connectivity index (χ3v) is 4.87. The van der Waals surface area contributed by atoms with Crippen LogP contribution in [0, 0.1) is 0 Å². The number of hydrogen-bond donors (Lipinski definition) is 0. The fourth-order valence-corrected chi connectivity index (χ4v) is 3.46. The lowest BCUT2D eigenvalue weighted by Crippen LogP contribution is -2.49. The van der Waals surface area contributed by atoms with E-state index in [2.05, 4.69) is 16.8 Å². The van der Waals surface area contributed by atoms with Crippen LogP contribution in [0.3, 0.4) is 0 Å². The van der Waals surface area contributed by atoms with Crippen molar-refractivity contribution in [3.63, 3.8) is 0 Å². The first kappa shape index (κ1) is 16.5. The Balaban J connectivity index is 1.44. The van der Waals surface area contributed by atoms with Gasteiger partial charge in [0.05, 0.1) is 12.2 Å². The Morgan fingerprint density at radius 1 is 1.30 bits per heavy atom. The van der Waals surface area contributed by atoms with Gasteiger partial charge in [-0.25, -0.2) is 4.98 Å². The Bertz CT molecular complexity index is 546. The standard InChI is InChI=1S/C17H24ClN3O2/c1-13-5-6-14(23-13)7-8-17(22)21-11-9-20(10-12-21)16-4-2-3-15(18)19-16/h2-4,13-14H,5-12H2,1H3/t13-,14+/m0/s1. The van der Waals surface area contributed by atoms with Crippen molar-refractivity contribution < 1.29 is 9.53 Å². The minimum atomic E-state index is 0.242. The topological polar surface area (TPSA) is 45.7 Å². The zero-order valence-corrected chi connectivity index (χ0v) is 14.3. The van der Waals surface area contributed by atoms with Crippen LogP contribution >= 0.6 is 11.6 Å². The molecule has 3 heterocycles. The number of halogens is 1. The second kappa shape index (κ2) is 7.49. The van der Waals surface area contributed by atoms with Gasteiger partial charge in [0.15, 0.2) is 0 Å². The summed E-state index contributed by atoms with van der Waals surface area (Å²) in [6.07, 6.45) is 4.26. The van der Waals surface area contributed by atoms with Crippen LogP contribution in [0.2, 0.25) is 5.15 Å². The highest BCUT2D eigenvalue weighted by Gasteiger charge is 2.25. The summed E-state index contributed by atoms with van der Waals surface area (Å²) in [4.78, 5) is 20.8. The fourth-order valence-electron chi connectivity index (χ4n) is 3.30. The van der Waals surface area contributed by atoms with Crippen molar-refractivity contribution in [2.75, 3.05) is 31.1 Å². The summed E-state index contributed by atoms with van der Waals surface area (Å²) in [5, 5.41) is 0.506. The number of rotatable bonds is 4. The molecule has 0 aliphatic carbocycles. The van der Waals surface area contributed by atoms with Crippen molar-refractivity contribution in [3.8, 4) is 0 Å². The van der Waals surface area contributed by atoms with Gasteiger partial charge in [0.1, 0.15) is 11.0 Å². The van der Waals surface area contributed by atoms with Crippen LogP contribution < -0.4 is 4.90 Å². The molecule has 2 aliphatic heterocycles. The number of anilines is 1. The number of ether oxygens (including phenoxy) is 1. The molecule has 2 atom stereocenters. The molecule has 2 saturated heterocycles. The second-order valence-corrected chi connectivity index (χ2v) is 6.76. The van der Waals surface area contributed by atoms with Crippen molar-refractivity contribution >= 4 is 23.3 Å². The molecule has 0 N–H and O–H groups in total. The zero-order chi connectivity index (χ0) is 16.2. The lowest BCUT2D eigenvalue weighted by Gasteiger charge is -2.35. The number of pyridine rings is 1. The smallest absolute Gasteiger partial charge is 0.222 e. The van der Waals surface area contributed by atoms with Crippen LogP contribution in [0.1, 0.15) is 32.6 Å². The maximum atomic E-state index is 12.3. The lowest BCUT2D eigenvalue weighted by atomic mass is 10.1. The van der Waals surface area contributed by atoms with Gasteiger partial charge in [-0.2, -0.15) is 0 Å². The van der Waals surface area contributed by atoms with E-state index in [1.807, 2.05) is 17.0 Å². The van der Waals surface area contributed by atoms with Crippen LogP contribution in [0.25, 0.3) is 0 Å². The lowest BCUT2D eigenvalue weighted by molar-refractivity contribution is -0.132. The highest BCUT2D eigenvalue weighted by atomic mass is 35.5. The molecule has 6 heteroatoms. The zero-order valence-electron chi connectivity index (χ0n) is 13.6. The summed E-state index contributed by atoms with van der Waals surface area (Å²) in [6, 6.07) is 5.64. The van der Waals surface area contributed by atoms with E-state index in [9.17, 15) is 4.79 Å². The van der Waals surface area contributed by atoms with Crippen molar-refractivity contribution in [2.24, 2.45) is 0 Å². The van der Waals surface area contributed by atoms with E-state index in [1.54, 1.807) is 6.07 Å². The van der Waals surface area contributed by atoms with Gasteiger partial charge >= 0.3 is 0 Å². The predicted molar refractivity (Wildman–Crippen MR) is 90.8 cm³/mol. The average Bonchev–Trinajstić information content (AvgIpc) is 2.98. The molecule has 0 radical (unpaired) electrons. The molecule has 5 nitrogen and oxygen atoms in total. The summed E-state index contributed by atoms with van der Waals surface area (Å²) in [5.41, 5.74) is 0. The first-order valence-corrected chi connectivity index (χ1v) is 8.80. The maximum absolute atomic E-state index is 12.3. The van der Waals surface area contributed by atoms with Gasteiger partial charge < -0.3 is 14.5 Å². The fraction of sp³-hybridized carbons (Fsp3) is 0.647. The van der Waals surface area contributed by atoms with Gasteiger partial charge in [-0.3, -0.25) is 4.79 Å². The molecule has 1 amide bonds. The van der Waals surface area contributed by atoms with Crippen LogP contribution in [0.5, 0.6) is 0 Å². The van der Waals surface area contributed by atoms with Crippen LogP contribution in [0.4, 0.5) is 5.82 Å². The molecule has 0 bridgehead atoms. The highest BCUT2D eigenvalue weighted by molar-refractivity contribution is 6.29. The normalized spacial score (nSPS) is 25.0. The van der Waals surface area contributed by atoms with Gasteiger partial charge in [0.2, 0.25) is 5.91 Å². The summed E-state index contributed by atoms with van der Waals surface area (Å²) in [6.45, 7) is 5.20. The van der Waals surface area contributed by atoms with E-state index < -0.39 is 0 Å². The van der Waals surface area contributed by atoms with Gasteiger partial charge in [0.25, 0.3) is 0 Å². The van der Waals surface area contributed by atoms with E-state index in [0.29, 0.717) is 17.7 Å². The number of piperazine rings is 1. The highest BCUT2D eigenvalue weighted by Crippen LogP contribution is 2.23. The first-order valence-electron chi connectivity index (χ1n) is 8.42. The van der Waals surface area contributed by atoms with E-state index in [1.165, 1.54) is 0 Å². The third-order valence-electron chi connectivity index (χ3n) is 4.66. The molecule has 0 saturated carbocycles. The number of carbonyl (C=O) groups is 1. The van der Waals surface area contributed by atoms with E-state index >= 15 is 0 Å². The van der Waals surface area contributed by atoms with E-state index in [4.69, 9.17) is 16.3 Å². The summed E-state index contributed by atoms with van der Waals surface area (Å²) in [5.74, 6) is 1.13. The Hall–Kier alpha value is -1.33. The summed E-state index contributed by atoms with van der Waals surface area (Å²) >= 11 is 5.94. The molecular formula is C17H24ClN3O2. The Kier molecular flexibility index (Phi) is 5.38. The number of carbonyl (C=O) groups excluding carboxylic acids is 1. The van der Waals surface area contributed by atoms with Crippen LogP contribution in [-0.4, -0.2) is 54.2 Å². The Labute approximate surface area is 142 Å². The third kappa shape index (κ3) is 4.36. The van der Waals surface area contributed by atoms with Crippen molar-refractivity contribution in [2.45, 2.75) is 44.8 Å². The Morgan fingerprint density at radius 2 is 2.09 bits per heavy atom. The van der Waals surface area contributed by atoms with Crippen LogP contribution in [-0.2, 0) is 9.53 Å². The van der Waals surface area contributed by atoms with Crippen molar-refractivity contribution in [3.05, 3.63) is 23.4 Å². The molecule has 1 aromatic heterocycles. The number of nitrogens with zero attached hydrogens (tertiary/aromatic N) is 3. The first-order chi connectivity index (χ1) is 11.1. The monoisotopic (exact) mass is 337 g/mol. The Morgan fingerprint density at radius 3 is 2.74 bits per heavy atom. The molecule has 0 aromatic carbocycles. The van der Waals surface area contributed by atoms with Crippen molar-refractivity contribution in [1.29, 1.82) is 0 Å². The molecule has 23 heavy (non-hydrogen) atoms. The van der Waals surface area contributed by atoms with Gasteiger partial charge in [-0.15, -0.1) is 0 Å². The molecule has 126 valence electrons. The predicted octanol–water partition coefficient (Wildman–Crippen LogP) is 2.73. The summed E-state index contributed by atoms with van der Waals surface area (Å²) < 4.78 is 5.79. The van der Waals surface area contributed by atoms with Gasteiger partial charge in [0, 0.05) is 32.6 Å². The molecule has 0 unspecified atom stereocenters. The number of aromatic nitrogens is 1. The van der Waals surface area contributed by atoms with Gasteiger partial charge in [-0.05, 0) is 38.3 Å². The minimum absolute atomic E-state index is 0.242. The molecule has 2 fully saturated rings. The largest absolute Gasteiger partial charge is 0.375 e. The minimum Gasteiger partial charge on any atom is -0.375 e. The molecular weight excluding hydrogens is 314 g/mol. The molecule has 2 aliphatic rings. The maximum Gasteiger partial charge on any atom is 0.222 e. The van der Waals surface area contributed by atoms with Crippen LogP contribution in [0.15, 0.2) is 18.2 Å².